The SMILES string of the molecule is O=C(N/N=C\c1cc(Br)ccc1O)c1sc2ccccc2c1O. The van der Waals surface area contributed by atoms with E-state index in [1.54, 1.807) is 24.3 Å². The summed E-state index contributed by atoms with van der Waals surface area (Å²) in [7, 11) is 0. The second-order valence-electron chi connectivity index (χ2n) is 4.68. The lowest BCUT2D eigenvalue weighted by atomic mass is 10.2. The number of phenolic OH excluding ortho intramolecular Hbond substituents is 1. The molecule has 1 heterocycles. The number of carbonyl (C=O) groups is 1. The Bertz CT molecular complexity index is 921. The van der Waals surface area contributed by atoms with Gasteiger partial charge in [0.2, 0.25) is 0 Å². The number of fused-ring (bicyclic) bond motifs is 1. The maximum Gasteiger partial charge on any atom is 0.285 e. The fourth-order valence-corrected chi connectivity index (χ4v) is 3.39. The van der Waals surface area contributed by atoms with Crippen LogP contribution < -0.4 is 5.43 Å². The van der Waals surface area contributed by atoms with Crippen LogP contribution in [0.2, 0.25) is 0 Å². The maximum absolute atomic E-state index is 12.1. The minimum Gasteiger partial charge on any atom is -0.507 e. The van der Waals surface area contributed by atoms with Crippen molar-refractivity contribution in [3.8, 4) is 11.5 Å². The fourth-order valence-electron chi connectivity index (χ4n) is 2.03. The Balaban J connectivity index is 1.80. The molecule has 0 spiro atoms. The monoisotopic (exact) mass is 390 g/mol. The molecule has 0 atom stereocenters. The van der Waals surface area contributed by atoms with Gasteiger partial charge in [0.15, 0.2) is 0 Å². The quantitative estimate of drug-likeness (QED) is 0.469. The summed E-state index contributed by atoms with van der Waals surface area (Å²) < 4.78 is 1.61. The molecule has 2 aromatic carbocycles. The molecule has 0 saturated carbocycles. The standard InChI is InChI=1S/C16H11BrN2O3S/c17-10-5-6-12(20)9(7-10)8-18-19-16(22)15-14(21)11-3-1-2-4-13(11)23-15/h1-8,20-21H,(H,19,22)/b18-8-. The topological polar surface area (TPSA) is 81.9 Å². The summed E-state index contributed by atoms with van der Waals surface area (Å²) in [5.74, 6) is -0.506. The maximum atomic E-state index is 12.1. The lowest BCUT2D eigenvalue weighted by molar-refractivity contribution is 0.0957. The van der Waals surface area contributed by atoms with Crippen molar-refractivity contribution < 1.29 is 15.0 Å². The Morgan fingerprint density at radius 1 is 1.22 bits per heavy atom. The summed E-state index contributed by atoms with van der Waals surface area (Å²) in [6.07, 6.45) is 1.34. The number of aromatic hydroxyl groups is 2. The zero-order valence-corrected chi connectivity index (χ0v) is 14.1. The number of benzene rings is 2. The molecular weight excluding hydrogens is 380 g/mol. The van der Waals surface area contributed by atoms with Gasteiger partial charge in [0.1, 0.15) is 16.4 Å². The van der Waals surface area contributed by atoms with Gasteiger partial charge in [-0.05, 0) is 30.3 Å². The number of halogens is 1. The van der Waals surface area contributed by atoms with Gasteiger partial charge >= 0.3 is 0 Å². The lowest BCUT2D eigenvalue weighted by Gasteiger charge is -2.00. The molecule has 5 nitrogen and oxygen atoms in total. The van der Waals surface area contributed by atoms with E-state index in [2.05, 4.69) is 26.5 Å². The largest absolute Gasteiger partial charge is 0.507 e. The zero-order chi connectivity index (χ0) is 16.4. The molecular formula is C16H11BrN2O3S. The number of nitrogens with one attached hydrogen (secondary N) is 1. The van der Waals surface area contributed by atoms with Crippen LogP contribution in [0, 0.1) is 0 Å². The van der Waals surface area contributed by atoms with Crippen molar-refractivity contribution in [2.45, 2.75) is 0 Å². The fraction of sp³-hybridized carbons (Fsp3) is 0. The molecule has 3 rings (SSSR count). The minimum absolute atomic E-state index is 0.0518. The number of carbonyl (C=O) groups excluding carboxylic acids is 1. The van der Waals surface area contributed by atoms with Crippen molar-refractivity contribution in [1.29, 1.82) is 0 Å². The summed E-state index contributed by atoms with van der Waals surface area (Å²) in [5, 5.41) is 24.3. The van der Waals surface area contributed by atoms with Crippen LogP contribution in [0.5, 0.6) is 11.5 Å². The van der Waals surface area contributed by atoms with E-state index in [9.17, 15) is 15.0 Å². The van der Waals surface area contributed by atoms with Gasteiger partial charge in [-0.25, -0.2) is 5.43 Å². The van der Waals surface area contributed by atoms with E-state index in [1.165, 1.54) is 23.6 Å². The van der Waals surface area contributed by atoms with E-state index in [0.29, 0.717) is 10.9 Å². The summed E-state index contributed by atoms with van der Waals surface area (Å²) in [6, 6.07) is 12.1. The number of hydrazone groups is 1. The number of phenols is 1. The molecule has 116 valence electrons. The molecule has 0 saturated heterocycles. The molecule has 0 unspecified atom stereocenters. The number of thiophene rings is 1. The van der Waals surface area contributed by atoms with E-state index in [4.69, 9.17) is 0 Å². The molecule has 1 amide bonds. The van der Waals surface area contributed by atoms with E-state index >= 15 is 0 Å². The van der Waals surface area contributed by atoms with E-state index in [0.717, 1.165) is 9.17 Å². The number of nitrogens with zero attached hydrogens (tertiary/aromatic N) is 1. The summed E-state index contributed by atoms with van der Waals surface area (Å²) >= 11 is 4.48. The normalized spacial score (nSPS) is 11.2. The highest BCUT2D eigenvalue weighted by Crippen LogP contribution is 2.36. The van der Waals surface area contributed by atoms with Crippen LogP contribution in [0.3, 0.4) is 0 Å². The van der Waals surface area contributed by atoms with Crippen LogP contribution in [0.15, 0.2) is 52.0 Å². The average Bonchev–Trinajstić information content (AvgIpc) is 2.88. The van der Waals surface area contributed by atoms with Crippen molar-refractivity contribution in [1.82, 2.24) is 5.43 Å². The van der Waals surface area contributed by atoms with Gasteiger partial charge in [-0.1, -0.05) is 28.1 Å². The zero-order valence-electron chi connectivity index (χ0n) is 11.7. The molecule has 0 aliphatic heterocycles. The Labute approximate surface area is 144 Å². The highest BCUT2D eigenvalue weighted by molar-refractivity contribution is 9.10. The van der Waals surface area contributed by atoms with Gasteiger partial charge in [0.05, 0.1) is 6.21 Å². The molecule has 0 radical (unpaired) electrons. The first-order valence-corrected chi connectivity index (χ1v) is 8.19. The Morgan fingerprint density at radius 3 is 2.78 bits per heavy atom. The van der Waals surface area contributed by atoms with E-state index < -0.39 is 5.91 Å². The molecule has 3 aromatic rings. The van der Waals surface area contributed by atoms with E-state index in [1.807, 2.05) is 12.1 Å². The van der Waals surface area contributed by atoms with Crippen molar-refractivity contribution in [2.75, 3.05) is 0 Å². The van der Waals surface area contributed by atoms with Gasteiger partial charge < -0.3 is 10.2 Å². The lowest BCUT2D eigenvalue weighted by Crippen LogP contribution is -2.16. The predicted molar refractivity (Wildman–Crippen MR) is 94.4 cm³/mol. The molecule has 0 fully saturated rings. The van der Waals surface area contributed by atoms with Crippen LogP contribution in [0.4, 0.5) is 0 Å². The number of amides is 1. The highest BCUT2D eigenvalue weighted by Gasteiger charge is 2.17. The van der Waals surface area contributed by atoms with Gasteiger partial charge in [0, 0.05) is 20.1 Å². The summed E-state index contributed by atoms with van der Waals surface area (Å²) in [4.78, 5) is 12.3. The average molecular weight is 391 g/mol. The van der Waals surface area contributed by atoms with Gasteiger partial charge in [0.25, 0.3) is 5.91 Å². The second kappa shape index (κ2) is 6.39. The Kier molecular flexibility index (Phi) is 4.31. The van der Waals surface area contributed by atoms with Gasteiger partial charge in [-0.15, -0.1) is 11.3 Å². The Morgan fingerprint density at radius 2 is 2.00 bits per heavy atom. The predicted octanol–water partition coefficient (Wildman–Crippen LogP) is 3.84. The third-order valence-corrected chi connectivity index (χ3v) is 4.79. The smallest absolute Gasteiger partial charge is 0.285 e. The molecule has 0 aliphatic carbocycles. The van der Waals surface area contributed by atoms with Crippen LogP contribution >= 0.6 is 27.3 Å². The van der Waals surface area contributed by atoms with Crippen molar-refractivity contribution in [2.24, 2.45) is 5.10 Å². The molecule has 23 heavy (non-hydrogen) atoms. The van der Waals surface area contributed by atoms with Crippen LogP contribution in [-0.2, 0) is 0 Å². The first kappa shape index (κ1) is 15.5. The van der Waals surface area contributed by atoms with Gasteiger partial charge in [-0.3, -0.25) is 4.79 Å². The minimum atomic E-state index is -0.505. The van der Waals surface area contributed by atoms with Crippen molar-refractivity contribution in [3.63, 3.8) is 0 Å². The molecule has 3 N–H and O–H groups in total. The van der Waals surface area contributed by atoms with Crippen LogP contribution in [-0.4, -0.2) is 22.3 Å². The van der Waals surface area contributed by atoms with Crippen molar-refractivity contribution in [3.05, 3.63) is 57.4 Å². The number of rotatable bonds is 3. The third kappa shape index (κ3) is 3.20. The first-order chi connectivity index (χ1) is 11.1. The van der Waals surface area contributed by atoms with Gasteiger partial charge in [-0.2, -0.15) is 5.10 Å². The molecule has 7 heteroatoms. The van der Waals surface area contributed by atoms with E-state index in [-0.39, 0.29) is 16.4 Å². The number of hydrogen-bond donors (Lipinski definition) is 3. The molecule has 0 bridgehead atoms. The van der Waals surface area contributed by atoms with Crippen molar-refractivity contribution >= 4 is 49.5 Å². The highest BCUT2D eigenvalue weighted by atomic mass is 79.9. The molecule has 0 aliphatic rings. The summed E-state index contributed by atoms with van der Waals surface area (Å²) in [5.41, 5.74) is 2.81. The second-order valence-corrected chi connectivity index (χ2v) is 6.65. The third-order valence-electron chi connectivity index (χ3n) is 3.13. The number of hydrogen-bond acceptors (Lipinski definition) is 5. The first-order valence-electron chi connectivity index (χ1n) is 6.58. The molecule has 1 aromatic heterocycles. The van der Waals surface area contributed by atoms with Crippen LogP contribution in [0.25, 0.3) is 10.1 Å². The Hall–Kier alpha value is -2.38. The van der Waals surface area contributed by atoms with Crippen LogP contribution in [0.1, 0.15) is 15.2 Å². The summed E-state index contributed by atoms with van der Waals surface area (Å²) in [6.45, 7) is 0.